The minimum atomic E-state index is -0.560. The van der Waals surface area contributed by atoms with Gasteiger partial charge in [0.15, 0.2) is 0 Å². The molecular weight excluding hydrogens is 330 g/mol. The molecule has 1 rings (SSSR count). The van der Waals surface area contributed by atoms with Crippen molar-refractivity contribution in [3.05, 3.63) is 16.0 Å². The molecule has 0 radical (unpaired) electrons. The maximum absolute atomic E-state index is 12.2. The molecule has 0 unspecified atom stereocenters. The number of thiophene rings is 1. The summed E-state index contributed by atoms with van der Waals surface area (Å²) >= 11 is 1.04. The van der Waals surface area contributed by atoms with Gasteiger partial charge in [0.25, 0.3) is 0 Å². The third-order valence-electron chi connectivity index (χ3n) is 3.00. The van der Waals surface area contributed by atoms with Gasteiger partial charge in [-0.05, 0) is 39.2 Å². The lowest BCUT2D eigenvalue weighted by molar-refractivity contribution is -0.116. The van der Waals surface area contributed by atoms with Crippen LogP contribution in [0.1, 0.15) is 66.6 Å². The zero-order valence-corrected chi connectivity index (χ0v) is 15.8. The van der Waals surface area contributed by atoms with E-state index >= 15 is 0 Å². The van der Waals surface area contributed by atoms with Gasteiger partial charge in [0.1, 0.15) is 9.88 Å². The van der Waals surface area contributed by atoms with Gasteiger partial charge in [-0.1, -0.05) is 13.8 Å². The Balaban J connectivity index is 3.21. The number of carbonyl (C=O) groups is 3. The molecule has 0 aliphatic rings. The number of hydrogen-bond acceptors (Lipinski definition) is 6. The lowest BCUT2D eigenvalue weighted by Crippen LogP contribution is -2.16. The average molecular weight is 355 g/mol. The van der Waals surface area contributed by atoms with Crippen molar-refractivity contribution >= 4 is 34.2 Å². The third-order valence-corrected chi connectivity index (χ3v) is 4.19. The van der Waals surface area contributed by atoms with E-state index in [-0.39, 0.29) is 30.1 Å². The number of nitrogens with one attached hydrogen (secondary N) is 1. The van der Waals surface area contributed by atoms with E-state index in [1.807, 2.05) is 13.8 Å². The van der Waals surface area contributed by atoms with Crippen LogP contribution >= 0.6 is 11.3 Å². The van der Waals surface area contributed by atoms with Crippen molar-refractivity contribution in [3.63, 3.8) is 0 Å². The van der Waals surface area contributed by atoms with Crippen molar-refractivity contribution in [2.45, 2.75) is 54.1 Å². The van der Waals surface area contributed by atoms with Crippen molar-refractivity contribution < 1.29 is 23.9 Å². The molecule has 0 fully saturated rings. The van der Waals surface area contributed by atoms with E-state index in [9.17, 15) is 14.4 Å². The van der Waals surface area contributed by atoms with E-state index < -0.39 is 11.9 Å². The normalized spacial score (nSPS) is 10.8. The second kappa shape index (κ2) is 8.82. The standard InChI is InChI=1S/C17H25NO5S/c1-7-22-16(20)13-11(6)14(17(21)23-10(4)5)24-15(13)18-12(19)8-9(2)3/h9-10H,7-8H2,1-6H3,(H,18,19). The summed E-state index contributed by atoms with van der Waals surface area (Å²) in [4.78, 5) is 36.8. The monoisotopic (exact) mass is 355 g/mol. The molecule has 0 aromatic carbocycles. The minimum Gasteiger partial charge on any atom is -0.462 e. The van der Waals surface area contributed by atoms with Crippen LogP contribution in [0.4, 0.5) is 5.00 Å². The average Bonchev–Trinajstić information content (AvgIpc) is 2.73. The van der Waals surface area contributed by atoms with E-state index in [1.165, 1.54) is 0 Å². The summed E-state index contributed by atoms with van der Waals surface area (Å²) < 4.78 is 10.3. The first-order valence-electron chi connectivity index (χ1n) is 7.98. The van der Waals surface area contributed by atoms with Gasteiger partial charge in [-0.15, -0.1) is 11.3 Å². The maximum atomic E-state index is 12.2. The molecule has 0 aliphatic heterocycles. The van der Waals surface area contributed by atoms with Crippen LogP contribution in [0, 0.1) is 12.8 Å². The van der Waals surface area contributed by atoms with Gasteiger partial charge < -0.3 is 14.8 Å². The molecule has 0 saturated carbocycles. The first-order chi connectivity index (χ1) is 11.2. The number of carbonyl (C=O) groups excluding carboxylic acids is 3. The summed E-state index contributed by atoms with van der Waals surface area (Å²) in [6.45, 7) is 10.9. The van der Waals surface area contributed by atoms with Crippen molar-refractivity contribution in [3.8, 4) is 0 Å². The number of anilines is 1. The topological polar surface area (TPSA) is 81.7 Å². The molecule has 0 atom stereocenters. The smallest absolute Gasteiger partial charge is 0.348 e. The SMILES string of the molecule is CCOC(=O)c1c(NC(=O)CC(C)C)sc(C(=O)OC(C)C)c1C. The Labute approximate surface area is 146 Å². The largest absolute Gasteiger partial charge is 0.462 e. The molecule has 0 saturated heterocycles. The predicted octanol–water partition coefficient (Wildman–Crippen LogP) is 3.78. The van der Waals surface area contributed by atoms with Crippen LogP contribution in [-0.2, 0) is 14.3 Å². The Morgan fingerprint density at radius 2 is 1.75 bits per heavy atom. The highest BCUT2D eigenvalue weighted by atomic mass is 32.1. The molecule has 1 heterocycles. The minimum absolute atomic E-state index is 0.183. The zero-order valence-electron chi connectivity index (χ0n) is 15.0. The fraction of sp³-hybridized carbons (Fsp3) is 0.588. The molecule has 1 aromatic heterocycles. The highest BCUT2D eigenvalue weighted by Crippen LogP contribution is 2.34. The van der Waals surface area contributed by atoms with Crippen LogP contribution in [0.2, 0.25) is 0 Å². The van der Waals surface area contributed by atoms with Gasteiger partial charge in [0, 0.05) is 6.42 Å². The number of esters is 2. The summed E-state index contributed by atoms with van der Waals surface area (Å²) in [5.41, 5.74) is 0.679. The van der Waals surface area contributed by atoms with Crippen molar-refractivity contribution in [1.82, 2.24) is 0 Å². The summed E-state index contributed by atoms with van der Waals surface area (Å²) in [5, 5.41) is 3.05. The molecule has 0 aliphatic carbocycles. The number of ether oxygens (including phenoxy) is 2. The lowest BCUT2D eigenvalue weighted by Gasteiger charge is -2.08. The second-order valence-electron chi connectivity index (χ2n) is 6.08. The summed E-state index contributed by atoms with van der Waals surface area (Å²) in [5.74, 6) is -1.10. The van der Waals surface area contributed by atoms with Gasteiger partial charge in [-0.2, -0.15) is 0 Å². The highest BCUT2D eigenvalue weighted by molar-refractivity contribution is 7.18. The summed E-state index contributed by atoms with van der Waals surface area (Å²) in [7, 11) is 0. The van der Waals surface area contributed by atoms with Crippen molar-refractivity contribution in [2.75, 3.05) is 11.9 Å². The van der Waals surface area contributed by atoms with E-state index in [0.717, 1.165) is 11.3 Å². The Morgan fingerprint density at radius 3 is 2.25 bits per heavy atom. The Bertz CT molecular complexity index is 619. The van der Waals surface area contributed by atoms with E-state index in [4.69, 9.17) is 9.47 Å². The van der Waals surface area contributed by atoms with Gasteiger partial charge >= 0.3 is 11.9 Å². The Morgan fingerprint density at radius 1 is 1.12 bits per heavy atom. The van der Waals surface area contributed by atoms with Crippen LogP contribution in [0.3, 0.4) is 0 Å². The van der Waals surface area contributed by atoms with Crippen LogP contribution in [0.5, 0.6) is 0 Å². The number of rotatable bonds is 7. The van der Waals surface area contributed by atoms with Crippen LogP contribution in [0.25, 0.3) is 0 Å². The predicted molar refractivity (Wildman–Crippen MR) is 93.6 cm³/mol. The third kappa shape index (κ3) is 5.33. The van der Waals surface area contributed by atoms with Crippen LogP contribution < -0.4 is 5.32 Å². The summed E-state index contributed by atoms with van der Waals surface area (Å²) in [6.07, 6.45) is 0.0503. The molecule has 1 amide bonds. The molecule has 0 bridgehead atoms. The molecule has 7 heteroatoms. The Kier molecular flexibility index (Phi) is 7.41. The number of amides is 1. The van der Waals surface area contributed by atoms with E-state index in [0.29, 0.717) is 21.9 Å². The molecule has 134 valence electrons. The van der Waals surface area contributed by atoms with Gasteiger partial charge in [0.2, 0.25) is 5.91 Å². The summed E-state index contributed by atoms with van der Waals surface area (Å²) in [6, 6.07) is 0. The molecule has 24 heavy (non-hydrogen) atoms. The van der Waals surface area contributed by atoms with Gasteiger partial charge in [-0.3, -0.25) is 4.79 Å². The van der Waals surface area contributed by atoms with E-state index in [1.54, 1.807) is 27.7 Å². The molecule has 1 N–H and O–H groups in total. The molecular formula is C17H25NO5S. The Hall–Kier alpha value is -1.89. The van der Waals surface area contributed by atoms with Crippen LogP contribution in [-0.4, -0.2) is 30.6 Å². The van der Waals surface area contributed by atoms with Crippen molar-refractivity contribution in [1.29, 1.82) is 0 Å². The maximum Gasteiger partial charge on any atom is 0.348 e. The first-order valence-corrected chi connectivity index (χ1v) is 8.80. The fourth-order valence-corrected chi connectivity index (χ4v) is 3.16. The molecule has 6 nitrogen and oxygen atoms in total. The lowest BCUT2D eigenvalue weighted by atomic mass is 10.1. The van der Waals surface area contributed by atoms with Gasteiger partial charge in [0.05, 0.1) is 18.3 Å². The number of hydrogen-bond donors (Lipinski definition) is 1. The van der Waals surface area contributed by atoms with Crippen molar-refractivity contribution in [2.24, 2.45) is 5.92 Å². The highest BCUT2D eigenvalue weighted by Gasteiger charge is 2.27. The van der Waals surface area contributed by atoms with Crippen LogP contribution in [0.15, 0.2) is 0 Å². The van der Waals surface area contributed by atoms with Gasteiger partial charge in [-0.25, -0.2) is 9.59 Å². The molecule has 0 spiro atoms. The zero-order chi connectivity index (χ0) is 18.4. The quantitative estimate of drug-likeness (QED) is 0.753. The second-order valence-corrected chi connectivity index (χ2v) is 7.10. The molecule has 1 aromatic rings. The fourth-order valence-electron chi connectivity index (χ4n) is 2.06. The van der Waals surface area contributed by atoms with E-state index in [2.05, 4.69) is 5.32 Å². The first kappa shape index (κ1) is 20.2.